The molecule has 4 unspecified atom stereocenters. The van der Waals surface area contributed by atoms with E-state index in [1.165, 1.54) is 19.3 Å². The molecule has 2 heteroatoms. The maximum absolute atomic E-state index is 5.96. The highest BCUT2D eigenvalue weighted by atomic mass is 15.1. The molecule has 0 spiro atoms. The molecule has 0 heterocycles. The SMILES string of the molecule is CN(C)C1CC2CC1CC2N. The van der Waals surface area contributed by atoms with Gasteiger partial charge >= 0.3 is 0 Å². The topological polar surface area (TPSA) is 29.3 Å². The summed E-state index contributed by atoms with van der Waals surface area (Å²) in [4.78, 5) is 2.37. The van der Waals surface area contributed by atoms with Crippen LogP contribution in [0.15, 0.2) is 0 Å². The smallest absolute Gasteiger partial charge is 0.0121 e. The van der Waals surface area contributed by atoms with Gasteiger partial charge in [0.25, 0.3) is 0 Å². The normalized spacial score (nSPS) is 49.1. The summed E-state index contributed by atoms with van der Waals surface area (Å²) < 4.78 is 0. The molecule has 2 rings (SSSR count). The molecule has 0 aromatic rings. The number of rotatable bonds is 1. The molecule has 2 saturated carbocycles. The second-order valence-electron chi connectivity index (χ2n) is 4.42. The molecule has 0 aromatic heterocycles. The molecule has 11 heavy (non-hydrogen) atoms. The molecule has 0 aliphatic heterocycles. The number of hydrogen-bond acceptors (Lipinski definition) is 2. The van der Waals surface area contributed by atoms with Crippen LogP contribution in [-0.4, -0.2) is 31.1 Å². The first-order valence-corrected chi connectivity index (χ1v) is 4.60. The van der Waals surface area contributed by atoms with Crippen LogP contribution in [-0.2, 0) is 0 Å². The third-order valence-corrected chi connectivity index (χ3v) is 3.54. The summed E-state index contributed by atoms with van der Waals surface area (Å²) in [5.74, 6) is 1.75. The van der Waals surface area contributed by atoms with Crippen LogP contribution in [0, 0.1) is 11.8 Å². The maximum atomic E-state index is 5.96. The van der Waals surface area contributed by atoms with Crippen LogP contribution in [0.2, 0.25) is 0 Å². The van der Waals surface area contributed by atoms with Crippen LogP contribution in [0.1, 0.15) is 19.3 Å². The van der Waals surface area contributed by atoms with Gasteiger partial charge in [-0.15, -0.1) is 0 Å². The van der Waals surface area contributed by atoms with E-state index in [0.717, 1.165) is 17.9 Å². The van der Waals surface area contributed by atoms with E-state index >= 15 is 0 Å². The van der Waals surface area contributed by atoms with Crippen molar-refractivity contribution in [1.29, 1.82) is 0 Å². The van der Waals surface area contributed by atoms with E-state index in [1.54, 1.807) is 0 Å². The molecule has 4 atom stereocenters. The Bertz CT molecular complexity index is 154. The van der Waals surface area contributed by atoms with E-state index < -0.39 is 0 Å². The average molecular weight is 154 g/mol. The van der Waals surface area contributed by atoms with E-state index in [-0.39, 0.29) is 0 Å². The Labute approximate surface area is 68.7 Å². The van der Waals surface area contributed by atoms with Crippen molar-refractivity contribution in [3.05, 3.63) is 0 Å². The lowest BCUT2D eigenvalue weighted by Gasteiger charge is -2.30. The van der Waals surface area contributed by atoms with Crippen molar-refractivity contribution in [2.45, 2.75) is 31.3 Å². The first-order chi connectivity index (χ1) is 5.18. The Morgan fingerprint density at radius 2 is 1.82 bits per heavy atom. The van der Waals surface area contributed by atoms with Gasteiger partial charge < -0.3 is 10.6 Å². The van der Waals surface area contributed by atoms with Crippen LogP contribution < -0.4 is 5.73 Å². The molecule has 2 N–H and O–H groups in total. The molecule has 64 valence electrons. The molecule has 2 nitrogen and oxygen atoms in total. The molecule has 0 radical (unpaired) electrons. The minimum absolute atomic E-state index is 0.524. The van der Waals surface area contributed by atoms with Crippen molar-refractivity contribution in [1.82, 2.24) is 4.90 Å². The van der Waals surface area contributed by atoms with Crippen LogP contribution in [0.25, 0.3) is 0 Å². The fraction of sp³-hybridized carbons (Fsp3) is 1.00. The van der Waals surface area contributed by atoms with Gasteiger partial charge in [-0.05, 0) is 45.2 Å². The Morgan fingerprint density at radius 1 is 1.09 bits per heavy atom. The zero-order valence-corrected chi connectivity index (χ0v) is 7.46. The Hall–Kier alpha value is -0.0800. The predicted molar refractivity (Wildman–Crippen MR) is 46.3 cm³/mol. The summed E-state index contributed by atoms with van der Waals surface area (Å²) >= 11 is 0. The average Bonchev–Trinajstić information content (AvgIpc) is 2.43. The Kier molecular flexibility index (Phi) is 1.69. The standard InChI is InChI=1S/C9H18N2/c1-11(2)9-5-6-3-7(9)4-8(6)10/h6-9H,3-5,10H2,1-2H3. The molecule has 2 bridgehead atoms. The van der Waals surface area contributed by atoms with Crippen molar-refractivity contribution in [3.8, 4) is 0 Å². The van der Waals surface area contributed by atoms with Gasteiger partial charge in [-0.25, -0.2) is 0 Å². The van der Waals surface area contributed by atoms with Gasteiger partial charge in [0.05, 0.1) is 0 Å². The van der Waals surface area contributed by atoms with E-state index in [0.29, 0.717) is 6.04 Å². The van der Waals surface area contributed by atoms with Gasteiger partial charge in [-0.3, -0.25) is 0 Å². The molecule has 2 aliphatic carbocycles. The highest BCUT2D eigenvalue weighted by Gasteiger charge is 2.44. The van der Waals surface area contributed by atoms with Gasteiger partial charge in [-0.2, -0.15) is 0 Å². The van der Waals surface area contributed by atoms with Crippen molar-refractivity contribution >= 4 is 0 Å². The van der Waals surface area contributed by atoms with Gasteiger partial charge in [0.1, 0.15) is 0 Å². The first-order valence-electron chi connectivity index (χ1n) is 4.60. The van der Waals surface area contributed by atoms with Crippen molar-refractivity contribution < 1.29 is 0 Å². The van der Waals surface area contributed by atoms with Gasteiger partial charge in [0, 0.05) is 12.1 Å². The van der Waals surface area contributed by atoms with Crippen LogP contribution in [0.3, 0.4) is 0 Å². The van der Waals surface area contributed by atoms with Gasteiger partial charge in [-0.1, -0.05) is 0 Å². The zero-order chi connectivity index (χ0) is 8.01. The van der Waals surface area contributed by atoms with Crippen molar-refractivity contribution in [3.63, 3.8) is 0 Å². The summed E-state index contributed by atoms with van der Waals surface area (Å²) in [6.45, 7) is 0. The minimum atomic E-state index is 0.524. The second kappa shape index (κ2) is 2.46. The zero-order valence-electron chi connectivity index (χ0n) is 7.46. The van der Waals surface area contributed by atoms with Crippen molar-refractivity contribution in [2.75, 3.05) is 14.1 Å². The number of hydrogen-bond donors (Lipinski definition) is 1. The summed E-state index contributed by atoms with van der Waals surface area (Å²) in [7, 11) is 4.38. The lowest BCUT2D eigenvalue weighted by Crippen LogP contribution is -2.38. The minimum Gasteiger partial charge on any atom is -0.327 e. The first kappa shape index (κ1) is 7.56. The molecule has 0 saturated heterocycles. The largest absolute Gasteiger partial charge is 0.327 e. The lowest BCUT2D eigenvalue weighted by atomic mass is 9.91. The summed E-state index contributed by atoms with van der Waals surface area (Å²) in [6.07, 6.45) is 4.01. The molecular weight excluding hydrogens is 136 g/mol. The number of fused-ring (bicyclic) bond motifs is 2. The van der Waals surface area contributed by atoms with E-state index in [9.17, 15) is 0 Å². The molecule has 2 aliphatic rings. The number of nitrogens with zero attached hydrogens (tertiary/aromatic N) is 1. The quantitative estimate of drug-likeness (QED) is 0.601. The van der Waals surface area contributed by atoms with Crippen LogP contribution in [0.5, 0.6) is 0 Å². The van der Waals surface area contributed by atoms with E-state index in [4.69, 9.17) is 5.73 Å². The predicted octanol–water partition coefficient (Wildman–Crippen LogP) is 0.674. The van der Waals surface area contributed by atoms with Gasteiger partial charge in [0.15, 0.2) is 0 Å². The number of nitrogens with two attached hydrogens (primary N) is 1. The maximum Gasteiger partial charge on any atom is 0.0121 e. The fourth-order valence-corrected chi connectivity index (χ4v) is 2.92. The third kappa shape index (κ3) is 1.09. The summed E-state index contributed by atoms with van der Waals surface area (Å²) in [5.41, 5.74) is 5.96. The molecule has 0 amide bonds. The van der Waals surface area contributed by atoms with Crippen LogP contribution in [0.4, 0.5) is 0 Å². The van der Waals surface area contributed by atoms with E-state index in [1.807, 2.05) is 0 Å². The fourth-order valence-electron chi connectivity index (χ4n) is 2.92. The third-order valence-electron chi connectivity index (χ3n) is 3.54. The molecular formula is C9H18N2. The Balaban J connectivity index is 2.02. The Morgan fingerprint density at radius 3 is 2.18 bits per heavy atom. The van der Waals surface area contributed by atoms with Crippen molar-refractivity contribution in [2.24, 2.45) is 17.6 Å². The molecule has 0 aromatic carbocycles. The molecule has 2 fully saturated rings. The highest BCUT2D eigenvalue weighted by Crippen LogP contribution is 2.45. The monoisotopic (exact) mass is 154 g/mol. The van der Waals surface area contributed by atoms with Crippen LogP contribution >= 0.6 is 0 Å². The summed E-state index contributed by atoms with van der Waals surface area (Å²) in [5, 5.41) is 0. The lowest BCUT2D eigenvalue weighted by molar-refractivity contribution is 0.201. The second-order valence-corrected chi connectivity index (χ2v) is 4.42. The summed E-state index contributed by atoms with van der Waals surface area (Å²) in [6, 6.07) is 1.36. The van der Waals surface area contributed by atoms with E-state index in [2.05, 4.69) is 19.0 Å². The van der Waals surface area contributed by atoms with Gasteiger partial charge in [0.2, 0.25) is 0 Å². The highest BCUT2D eigenvalue weighted by molar-refractivity contribution is 5.00.